The first-order chi connectivity index (χ1) is 10.6. The molecule has 22 heavy (non-hydrogen) atoms. The molecule has 6 nitrogen and oxygen atoms in total. The molecular formula is C16H15N3O3. The first-order valence-electron chi connectivity index (χ1n) is 6.63. The highest BCUT2D eigenvalue weighted by Crippen LogP contribution is 2.19. The van der Waals surface area contributed by atoms with Crippen LogP contribution in [0, 0.1) is 0 Å². The molecule has 1 aromatic heterocycles. The Bertz CT molecular complexity index is 684. The van der Waals surface area contributed by atoms with Gasteiger partial charge in [-0.3, -0.25) is 9.78 Å². The summed E-state index contributed by atoms with van der Waals surface area (Å²) >= 11 is 0. The molecule has 1 amide bonds. The molecule has 0 unspecified atom stereocenters. The summed E-state index contributed by atoms with van der Waals surface area (Å²) in [5.74, 6) is -0.874. The van der Waals surface area contributed by atoms with Crippen LogP contribution >= 0.6 is 0 Å². The number of carbonyl (C=O) groups excluding carboxylic acids is 1. The zero-order chi connectivity index (χ0) is 15.9. The number of aromatic carboxylic acids is 1. The van der Waals surface area contributed by atoms with Crippen molar-refractivity contribution in [1.29, 1.82) is 0 Å². The molecule has 0 saturated heterocycles. The fourth-order valence-corrected chi connectivity index (χ4v) is 1.82. The highest BCUT2D eigenvalue weighted by Gasteiger charge is 2.21. The molecule has 6 heteroatoms. The number of hydrazone groups is 1. The van der Waals surface area contributed by atoms with Crippen molar-refractivity contribution in [2.24, 2.45) is 5.10 Å². The lowest BCUT2D eigenvalue weighted by Gasteiger charge is -2.10. The largest absolute Gasteiger partial charge is 0.478 e. The number of carboxylic acid groups (broad SMARTS) is 1. The maximum Gasteiger partial charge on any atom is 0.335 e. The number of para-hydroxylation sites is 1. The van der Waals surface area contributed by atoms with Crippen LogP contribution < -0.4 is 5.01 Å². The molecule has 1 aromatic carbocycles. The van der Waals surface area contributed by atoms with Crippen LogP contribution in [0.4, 0.5) is 5.69 Å². The monoisotopic (exact) mass is 297 g/mol. The molecule has 0 atom stereocenters. The van der Waals surface area contributed by atoms with E-state index in [1.807, 2.05) is 37.3 Å². The lowest BCUT2D eigenvalue weighted by molar-refractivity contribution is -0.116. The van der Waals surface area contributed by atoms with Gasteiger partial charge in [0, 0.05) is 18.1 Å². The van der Waals surface area contributed by atoms with Gasteiger partial charge in [0.1, 0.15) is 0 Å². The number of rotatable bonds is 2. The van der Waals surface area contributed by atoms with Crippen LogP contribution in [0.2, 0.25) is 0 Å². The van der Waals surface area contributed by atoms with Gasteiger partial charge >= 0.3 is 5.97 Å². The molecular weight excluding hydrogens is 282 g/mol. The van der Waals surface area contributed by atoms with Crippen molar-refractivity contribution in [1.82, 2.24) is 4.98 Å². The third-order valence-corrected chi connectivity index (χ3v) is 2.84. The van der Waals surface area contributed by atoms with E-state index in [-0.39, 0.29) is 11.5 Å². The van der Waals surface area contributed by atoms with Crippen molar-refractivity contribution in [3.63, 3.8) is 0 Å². The molecule has 0 fully saturated rings. The number of carboxylic acids is 1. The van der Waals surface area contributed by atoms with E-state index < -0.39 is 5.97 Å². The Labute approximate surface area is 127 Å². The van der Waals surface area contributed by atoms with Gasteiger partial charge in [-0.1, -0.05) is 18.2 Å². The molecule has 1 aliphatic heterocycles. The molecule has 2 aromatic rings. The van der Waals surface area contributed by atoms with Gasteiger partial charge in [0.2, 0.25) is 0 Å². The van der Waals surface area contributed by atoms with Crippen LogP contribution in [0.1, 0.15) is 23.7 Å². The highest BCUT2D eigenvalue weighted by molar-refractivity contribution is 6.12. The fraction of sp³-hybridized carbons (Fsp3) is 0.125. The molecule has 0 bridgehead atoms. The Morgan fingerprint density at radius 2 is 1.77 bits per heavy atom. The Balaban J connectivity index is 0.000000172. The predicted molar refractivity (Wildman–Crippen MR) is 82.9 cm³/mol. The lowest BCUT2D eigenvalue weighted by Crippen LogP contribution is -2.19. The summed E-state index contributed by atoms with van der Waals surface area (Å²) in [5, 5.41) is 14.0. The van der Waals surface area contributed by atoms with E-state index in [1.54, 1.807) is 0 Å². The minimum Gasteiger partial charge on any atom is -0.478 e. The van der Waals surface area contributed by atoms with E-state index in [0.717, 1.165) is 11.4 Å². The van der Waals surface area contributed by atoms with Gasteiger partial charge in [-0.15, -0.1) is 0 Å². The van der Waals surface area contributed by atoms with Crippen LogP contribution in [0.25, 0.3) is 0 Å². The molecule has 0 saturated carbocycles. The van der Waals surface area contributed by atoms with E-state index in [2.05, 4.69) is 10.1 Å². The van der Waals surface area contributed by atoms with Gasteiger partial charge in [-0.2, -0.15) is 5.10 Å². The standard InChI is InChI=1S/C10H10N2O.C6H5NO2/c1-8-7-10(13)12(11-8)9-5-3-2-4-6-9;8-6(9)5-1-3-7-4-2-5/h2-6H,7H2,1H3;1-4H,(H,8,9). The van der Waals surface area contributed by atoms with Crippen LogP contribution in [-0.2, 0) is 4.79 Å². The van der Waals surface area contributed by atoms with E-state index in [9.17, 15) is 9.59 Å². The van der Waals surface area contributed by atoms with E-state index in [1.165, 1.54) is 29.5 Å². The van der Waals surface area contributed by atoms with Gasteiger partial charge in [0.05, 0.1) is 17.7 Å². The average Bonchev–Trinajstić information content (AvgIpc) is 2.88. The summed E-state index contributed by atoms with van der Waals surface area (Å²) in [6.45, 7) is 1.86. The van der Waals surface area contributed by atoms with Gasteiger partial charge in [-0.05, 0) is 31.2 Å². The van der Waals surface area contributed by atoms with Crippen LogP contribution in [0.15, 0.2) is 60.0 Å². The second-order valence-electron chi connectivity index (χ2n) is 4.59. The maximum absolute atomic E-state index is 11.4. The number of pyridine rings is 1. The Hall–Kier alpha value is -3.02. The number of benzene rings is 1. The predicted octanol–water partition coefficient (Wildman–Crippen LogP) is 2.58. The van der Waals surface area contributed by atoms with Crippen LogP contribution in [-0.4, -0.2) is 27.7 Å². The molecule has 112 valence electrons. The summed E-state index contributed by atoms with van der Waals surface area (Å²) in [6.07, 6.45) is 3.34. The summed E-state index contributed by atoms with van der Waals surface area (Å²) in [6, 6.07) is 12.4. The van der Waals surface area contributed by atoms with Crippen molar-refractivity contribution < 1.29 is 14.7 Å². The molecule has 2 heterocycles. The molecule has 0 aliphatic carbocycles. The molecule has 3 rings (SSSR count). The van der Waals surface area contributed by atoms with Crippen molar-refractivity contribution in [3.8, 4) is 0 Å². The number of hydrogen-bond donors (Lipinski definition) is 1. The quantitative estimate of drug-likeness (QED) is 0.923. The third-order valence-electron chi connectivity index (χ3n) is 2.84. The van der Waals surface area contributed by atoms with E-state index >= 15 is 0 Å². The second kappa shape index (κ2) is 7.12. The summed E-state index contributed by atoms with van der Waals surface area (Å²) in [5.41, 5.74) is 1.98. The zero-order valence-corrected chi connectivity index (χ0v) is 12.0. The van der Waals surface area contributed by atoms with Crippen LogP contribution in [0.5, 0.6) is 0 Å². The highest BCUT2D eigenvalue weighted by atomic mass is 16.4. The zero-order valence-electron chi connectivity index (χ0n) is 12.0. The first kappa shape index (κ1) is 15.4. The average molecular weight is 297 g/mol. The smallest absolute Gasteiger partial charge is 0.335 e. The number of aromatic nitrogens is 1. The van der Waals surface area contributed by atoms with Crippen molar-refractivity contribution in [2.75, 3.05) is 5.01 Å². The fourth-order valence-electron chi connectivity index (χ4n) is 1.82. The second-order valence-corrected chi connectivity index (χ2v) is 4.59. The van der Waals surface area contributed by atoms with Gasteiger partial charge in [0.15, 0.2) is 0 Å². The minimum atomic E-state index is -0.919. The molecule has 0 spiro atoms. The Morgan fingerprint density at radius 1 is 1.14 bits per heavy atom. The minimum absolute atomic E-state index is 0.0451. The van der Waals surface area contributed by atoms with Gasteiger partial charge in [0.25, 0.3) is 5.91 Å². The summed E-state index contributed by atoms with van der Waals surface area (Å²) < 4.78 is 0. The van der Waals surface area contributed by atoms with E-state index in [0.29, 0.717) is 6.42 Å². The number of carbonyl (C=O) groups is 2. The third kappa shape index (κ3) is 3.99. The van der Waals surface area contributed by atoms with Crippen LogP contribution in [0.3, 0.4) is 0 Å². The summed E-state index contributed by atoms with van der Waals surface area (Å²) in [4.78, 5) is 25.2. The van der Waals surface area contributed by atoms with Gasteiger partial charge in [-0.25, -0.2) is 9.80 Å². The first-order valence-corrected chi connectivity index (χ1v) is 6.63. The lowest BCUT2D eigenvalue weighted by atomic mass is 10.3. The SMILES string of the molecule is CC1=NN(c2ccccc2)C(=O)C1.O=C(O)c1ccncc1. The van der Waals surface area contributed by atoms with Gasteiger partial charge < -0.3 is 5.11 Å². The maximum atomic E-state index is 11.4. The molecule has 1 aliphatic rings. The number of amides is 1. The number of nitrogens with zero attached hydrogens (tertiary/aromatic N) is 3. The van der Waals surface area contributed by atoms with Crippen molar-refractivity contribution in [3.05, 3.63) is 60.4 Å². The number of hydrogen-bond acceptors (Lipinski definition) is 4. The number of anilines is 1. The normalized spacial score (nSPS) is 13.2. The topological polar surface area (TPSA) is 82.9 Å². The van der Waals surface area contributed by atoms with E-state index in [4.69, 9.17) is 5.11 Å². The Morgan fingerprint density at radius 3 is 2.23 bits per heavy atom. The molecule has 0 radical (unpaired) electrons. The molecule has 1 N–H and O–H groups in total. The van der Waals surface area contributed by atoms with Crippen molar-refractivity contribution in [2.45, 2.75) is 13.3 Å². The summed E-state index contributed by atoms with van der Waals surface area (Å²) in [7, 11) is 0. The van der Waals surface area contributed by atoms with Crippen molar-refractivity contribution >= 4 is 23.3 Å². The Kier molecular flexibility index (Phi) is 4.98.